The van der Waals surface area contributed by atoms with Crippen LogP contribution in [0.2, 0.25) is 0 Å². The smallest absolute Gasteiger partial charge is 0.303 e. The molecule has 0 saturated carbocycles. The Balaban J connectivity index is 2.83. The van der Waals surface area contributed by atoms with Crippen molar-refractivity contribution in [2.24, 2.45) is 0 Å². The lowest BCUT2D eigenvalue weighted by Gasteiger charge is -2.10. The number of rotatable bonds is 6. The summed E-state index contributed by atoms with van der Waals surface area (Å²) in [5, 5.41) is 16.0. The largest absolute Gasteiger partial charge is 0.481 e. The highest BCUT2D eigenvalue weighted by Crippen LogP contribution is 2.15. The molecule has 6 nitrogen and oxygen atoms in total. The van der Waals surface area contributed by atoms with Crippen molar-refractivity contribution in [3.63, 3.8) is 0 Å². The molecule has 0 radical (unpaired) electrons. The summed E-state index contributed by atoms with van der Waals surface area (Å²) < 4.78 is 25.7. The number of nitrogens with zero attached hydrogens (tertiary/aromatic N) is 1. The van der Waals surface area contributed by atoms with E-state index in [0.29, 0.717) is 17.7 Å². The minimum absolute atomic E-state index is 0.0230. The van der Waals surface area contributed by atoms with Gasteiger partial charge in [-0.15, -0.1) is 0 Å². The molecule has 19 heavy (non-hydrogen) atoms. The number of aliphatic carboxylic acids is 1. The summed E-state index contributed by atoms with van der Waals surface area (Å²) in [7, 11) is -3.74. The SMILES string of the molecule is CC(C#N)S(=O)(=O)Nc1cccc(CCC(=O)O)c1. The molecule has 0 aromatic heterocycles. The summed E-state index contributed by atoms with van der Waals surface area (Å²) in [5.41, 5.74) is 1.04. The van der Waals surface area contributed by atoms with E-state index in [1.54, 1.807) is 30.3 Å². The minimum atomic E-state index is -3.74. The fourth-order valence-electron chi connectivity index (χ4n) is 1.36. The van der Waals surface area contributed by atoms with E-state index in [-0.39, 0.29) is 6.42 Å². The van der Waals surface area contributed by atoms with Crippen molar-refractivity contribution in [3.05, 3.63) is 29.8 Å². The number of hydrogen-bond acceptors (Lipinski definition) is 4. The first-order chi connectivity index (χ1) is 8.85. The molecule has 0 saturated heterocycles. The number of sulfonamides is 1. The maximum absolute atomic E-state index is 11.7. The number of aryl methyl sites for hydroxylation is 1. The number of carbonyl (C=O) groups is 1. The molecule has 0 amide bonds. The lowest BCUT2D eigenvalue weighted by atomic mass is 10.1. The van der Waals surface area contributed by atoms with Gasteiger partial charge >= 0.3 is 5.97 Å². The third-order valence-electron chi connectivity index (χ3n) is 2.46. The number of nitriles is 1. The summed E-state index contributed by atoms with van der Waals surface area (Å²) in [6, 6.07) is 8.11. The summed E-state index contributed by atoms with van der Waals surface area (Å²) in [4.78, 5) is 10.5. The second-order valence-electron chi connectivity index (χ2n) is 4.01. The van der Waals surface area contributed by atoms with Crippen molar-refractivity contribution < 1.29 is 18.3 Å². The maximum atomic E-state index is 11.7. The molecule has 0 bridgehead atoms. The van der Waals surface area contributed by atoms with E-state index in [2.05, 4.69) is 4.72 Å². The average Bonchev–Trinajstić information content (AvgIpc) is 2.35. The highest BCUT2D eigenvalue weighted by atomic mass is 32.2. The van der Waals surface area contributed by atoms with Crippen molar-refractivity contribution in [2.45, 2.75) is 25.0 Å². The lowest BCUT2D eigenvalue weighted by molar-refractivity contribution is -0.136. The fourth-order valence-corrected chi connectivity index (χ4v) is 2.13. The Morgan fingerprint density at radius 3 is 2.79 bits per heavy atom. The van der Waals surface area contributed by atoms with Gasteiger partial charge in [0.15, 0.2) is 5.25 Å². The van der Waals surface area contributed by atoms with Crippen LogP contribution in [0, 0.1) is 11.3 Å². The second-order valence-corrected chi connectivity index (χ2v) is 6.01. The van der Waals surface area contributed by atoms with Crippen molar-refractivity contribution in [2.75, 3.05) is 4.72 Å². The van der Waals surface area contributed by atoms with Gasteiger partial charge in [0.25, 0.3) is 0 Å². The van der Waals surface area contributed by atoms with Crippen LogP contribution in [0.4, 0.5) is 5.69 Å². The molecule has 1 aromatic rings. The van der Waals surface area contributed by atoms with E-state index >= 15 is 0 Å². The van der Waals surface area contributed by atoms with E-state index < -0.39 is 21.2 Å². The molecule has 1 rings (SSSR count). The van der Waals surface area contributed by atoms with Crippen LogP contribution in [0.3, 0.4) is 0 Å². The van der Waals surface area contributed by atoms with E-state index in [9.17, 15) is 13.2 Å². The van der Waals surface area contributed by atoms with Crippen LogP contribution in [-0.4, -0.2) is 24.7 Å². The fraction of sp³-hybridized carbons (Fsp3) is 0.333. The van der Waals surface area contributed by atoms with E-state index in [1.165, 1.54) is 6.92 Å². The molecule has 0 aliphatic carbocycles. The molecule has 0 heterocycles. The van der Waals surface area contributed by atoms with Gasteiger partial charge in [0, 0.05) is 12.1 Å². The van der Waals surface area contributed by atoms with Crippen LogP contribution in [0.5, 0.6) is 0 Å². The minimum Gasteiger partial charge on any atom is -0.481 e. The van der Waals surface area contributed by atoms with Crippen molar-refractivity contribution in [3.8, 4) is 6.07 Å². The van der Waals surface area contributed by atoms with Crippen molar-refractivity contribution in [1.29, 1.82) is 5.26 Å². The Kier molecular flexibility index (Phi) is 4.89. The molecule has 0 aliphatic rings. The van der Waals surface area contributed by atoms with Gasteiger partial charge in [-0.3, -0.25) is 9.52 Å². The molecule has 2 N–H and O–H groups in total. The number of nitrogens with one attached hydrogen (secondary N) is 1. The average molecular weight is 282 g/mol. The Morgan fingerprint density at radius 2 is 2.21 bits per heavy atom. The summed E-state index contributed by atoms with van der Waals surface area (Å²) in [6.07, 6.45) is 0.295. The zero-order valence-electron chi connectivity index (χ0n) is 10.3. The predicted molar refractivity (Wildman–Crippen MR) is 70.0 cm³/mol. The van der Waals surface area contributed by atoms with Crippen LogP contribution in [-0.2, 0) is 21.2 Å². The third kappa shape index (κ3) is 4.60. The highest BCUT2D eigenvalue weighted by Gasteiger charge is 2.19. The van der Waals surface area contributed by atoms with Gasteiger partial charge in [-0.05, 0) is 31.0 Å². The van der Waals surface area contributed by atoms with Gasteiger partial charge in [-0.1, -0.05) is 12.1 Å². The number of anilines is 1. The molecular weight excluding hydrogens is 268 g/mol. The van der Waals surface area contributed by atoms with Crippen LogP contribution < -0.4 is 4.72 Å². The van der Waals surface area contributed by atoms with Crippen molar-refractivity contribution in [1.82, 2.24) is 0 Å². The van der Waals surface area contributed by atoms with Gasteiger partial charge in [-0.25, -0.2) is 8.42 Å². The number of carboxylic acid groups (broad SMARTS) is 1. The number of carboxylic acids is 1. The topological polar surface area (TPSA) is 107 Å². The third-order valence-corrected chi connectivity index (χ3v) is 4.02. The first-order valence-electron chi connectivity index (χ1n) is 5.57. The molecular formula is C12H14N2O4S. The van der Waals surface area contributed by atoms with Crippen LogP contribution >= 0.6 is 0 Å². The summed E-state index contributed by atoms with van der Waals surface area (Å²) in [6.45, 7) is 1.29. The van der Waals surface area contributed by atoms with E-state index in [1.807, 2.05) is 0 Å². The second kappa shape index (κ2) is 6.20. The Bertz CT molecular complexity index is 604. The molecule has 102 valence electrons. The predicted octanol–water partition coefficient (Wildman–Crippen LogP) is 1.36. The quantitative estimate of drug-likeness (QED) is 0.819. The monoisotopic (exact) mass is 282 g/mol. The van der Waals surface area contributed by atoms with Gasteiger partial charge < -0.3 is 5.11 Å². The Hall–Kier alpha value is -2.07. The van der Waals surface area contributed by atoms with Gasteiger partial charge in [0.05, 0.1) is 6.07 Å². The van der Waals surface area contributed by atoms with Gasteiger partial charge in [0.1, 0.15) is 0 Å². The Morgan fingerprint density at radius 1 is 1.53 bits per heavy atom. The van der Waals surface area contributed by atoms with Crippen molar-refractivity contribution >= 4 is 21.7 Å². The molecule has 1 aromatic carbocycles. The number of benzene rings is 1. The summed E-state index contributed by atoms with van der Waals surface area (Å²) >= 11 is 0. The maximum Gasteiger partial charge on any atom is 0.303 e. The molecule has 0 fully saturated rings. The highest BCUT2D eigenvalue weighted by molar-refractivity contribution is 7.93. The molecule has 1 unspecified atom stereocenters. The Labute approximate surface area is 111 Å². The normalized spacial score (nSPS) is 12.4. The van der Waals surface area contributed by atoms with Gasteiger partial charge in [-0.2, -0.15) is 5.26 Å². The zero-order chi connectivity index (χ0) is 14.5. The van der Waals surface area contributed by atoms with Crippen LogP contribution in [0.15, 0.2) is 24.3 Å². The van der Waals surface area contributed by atoms with Gasteiger partial charge in [0.2, 0.25) is 10.0 Å². The molecule has 0 spiro atoms. The number of hydrogen-bond donors (Lipinski definition) is 2. The molecule has 7 heteroatoms. The standard InChI is InChI=1S/C12H14N2O4S/c1-9(8-13)19(17,18)14-11-4-2-3-10(7-11)5-6-12(15)16/h2-4,7,9,14H,5-6H2,1H3,(H,15,16). The first kappa shape index (κ1) is 15.0. The summed E-state index contributed by atoms with van der Waals surface area (Å²) in [5.74, 6) is -0.913. The molecule has 0 aliphatic heterocycles. The zero-order valence-corrected chi connectivity index (χ0v) is 11.1. The van der Waals surface area contributed by atoms with Crippen LogP contribution in [0.25, 0.3) is 0 Å². The lowest BCUT2D eigenvalue weighted by Crippen LogP contribution is -2.23. The molecule has 1 atom stereocenters. The van der Waals surface area contributed by atoms with Crippen LogP contribution in [0.1, 0.15) is 18.9 Å². The first-order valence-corrected chi connectivity index (χ1v) is 7.12. The van der Waals surface area contributed by atoms with E-state index in [4.69, 9.17) is 10.4 Å². The van der Waals surface area contributed by atoms with E-state index in [0.717, 1.165) is 0 Å².